The van der Waals surface area contributed by atoms with E-state index in [1.165, 1.54) is 5.56 Å². The van der Waals surface area contributed by atoms with Gasteiger partial charge in [0.2, 0.25) is 0 Å². The highest BCUT2D eigenvalue weighted by Gasteiger charge is 2.38. The highest BCUT2D eigenvalue weighted by molar-refractivity contribution is 7.91. The van der Waals surface area contributed by atoms with Crippen molar-refractivity contribution in [3.63, 3.8) is 0 Å². The number of benzene rings is 2. The molecular weight excluding hydrogens is 461 g/mol. The number of halogens is 3. The fourth-order valence-corrected chi connectivity index (χ4v) is 4.48. The summed E-state index contributed by atoms with van der Waals surface area (Å²) in [7, 11) is -1.01. The highest BCUT2D eigenvalue weighted by Crippen LogP contribution is 2.24. The van der Waals surface area contributed by atoms with Crippen LogP contribution in [0.1, 0.15) is 17.2 Å². The summed E-state index contributed by atoms with van der Waals surface area (Å²) in [6.45, 7) is 2.51. The first-order chi connectivity index (χ1) is 15.4. The summed E-state index contributed by atoms with van der Waals surface area (Å²) >= 11 is 0. The standard InChI is InChI=1S/C20H26N2O3S.C2HF3O2/c1-21-14-20(23)19-4-2-3-18(13-19)17-7-5-16(6-8-17)15-22-9-11-26(24,25)12-10-22;3-2(4,5)1(6)7/h2-8,13,20-21,23H,9-12,14-15H2,1H3;(H,6,7). The van der Waals surface area contributed by atoms with Gasteiger partial charge in [-0.1, -0.05) is 42.5 Å². The lowest BCUT2D eigenvalue weighted by atomic mass is 9.99. The summed E-state index contributed by atoms with van der Waals surface area (Å²) in [5.74, 6) is -2.24. The summed E-state index contributed by atoms with van der Waals surface area (Å²) in [5, 5.41) is 20.3. The maximum absolute atomic E-state index is 11.5. The molecule has 0 amide bonds. The fraction of sp³-hybridized carbons (Fsp3) is 0.409. The number of hydrogen-bond acceptors (Lipinski definition) is 6. The van der Waals surface area contributed by atoms with E-state index < -0.39 is 28.1 Å². The Bertz CT molecular complexity index is 1010. The van der Waals surface area contributed by atoms with E-state index in [9.17, 15) is 26.7 Å². The third kappa shape index (κ3) is 8.77. The number of nitrogens with zero attached hydrogens (tertiary/aromatic N) is 1. The molecule has 1 unspecified atom stereocenters. The molecule has 0 radical (unpaired) electrons. The van der Waals surface area contributed by atoms with Crippen LogP contribution in [0.25, 0.3) is 11.1 Å². The molecule has 3 rings (SSSR count). The summed E-state index contributed by atoms with van der Waals surface area (Å²) < 4.78 is 54.8. The molecule has 0 aliphatic carbocycles. The van der Waals surface area contributed by atoms with Gasteiger partial charge >= 0.3 is 12.1 Å². The molecule has 0 aromatic heterocycles. The molecule has 0 saturated carbocycles. The minimum atomic E-state index is -5.08. The lowest BCUT2D eigenvalue weighted by molar-refractivity contribution is -0.192. The number of aliphatic carboxylic acids is 1. The molecular formula is C22H27F3N2O5S. The Morgan fingerprint density at radius 2 is 1.67 bits per heavy atom. The molecule has 1 fully saturated rings. The number of nitrogens with one attached hydrogen (secondary N) is 1. The number of carboxylic acids is 1. The van der Waals surface area contributed by atoms with Gasteiger partial charge in [0, 0.05) is 26.2 Å². The van der Waals surface area contributed by atoms with Crippen molar-refractivity contribution in [1.29, 1.82) is 0 Å². The van der Waals surface area contributed by atoms with Gasteiger partial charge < -0.3 is 15.5 Å². The molecule has 1 aliphatic rings. The zero-order valence-electron chi connectivity index (χ0n) is 18.0. The smallest absolute Gasteiger partial charge is 0.475 e. The minimum Gasteiger partial charge on any atom is -0.475 e. The van der Waals surface area contributed by atoms with Gasteiger partial charge in [-0.15, -0.1) is 0 Å². The van der Waals surface area contributed by atoms with Crippen LogP contribution in [0.15, 0.2) is 48.5 Å². The number of aliphatic hydroxyl groups is 1. The Kier molecular flexibility index (Phi) is 9.41. The molecule has 7 nitrogen and oxygen atoms in total. The number of aliphatic hydroxyl groups excluding tert-OH is 1. The lowest BCUT2D eigenvalue weighted by Crippen LogP contribution is -2.39. The Labute approximate surface area is 190 Å². The van der Waals surface area contributed by atoms with Crippen LogP contribution < -0.4 is 5.32 Å². The van der Waals surface area contributed by atoms with Crippen LogP contribution in [0.3, 0.4) is 0 Å². The first-order valence-corrected chi connectivity index (χ1v) is 12.0. The largest absolute Gasteiger partial charge is 0.490 e. The Balaban J connectivity index is 0.000000479. The predicted molar refractivity (Wildman–Crippen MR) is 118 cm³/mol. The van der Waals surface area contributed by atoms with E-state index in [-0.39, 0.29) is 11.5 Å². The van der Waals surface area contributed by atoms with Crippen molar-refractivity contribution in [2.24, 2.45) is 0 Å². The predicted octanol–water partition coefficient (Wildman–Crippen LogP) is 2.47. The van der Waals surface area contributed by atoms with Crippen LogP contribution in [0.5, 0.6) is 0 Å². The summed E-state index contributed by atoms with van der Waals surface area (Å²) in [5.41, 5.74) is 4.26. The SMILES string of the molecule is CNCC(O)c1cccc(-c2ccc(CN3CCS(=O)(=O)CC3)cc2)c1.O=C(O)C(F)(F)F. The zero-order valence-corrected chi connectivity index (χ0v) is 18.9. The number of alkyl halides is 3. The molecule has 2 aromatic carbocycles. The van der Waals surface area contributed by atoms with Crippen molar-refractivity contribution in [2.45, 2.75) is 18.8 Å². The zero-order chi connectivity index (χ0) is 24.6. The maximum atomic E-state index is 11.5. The fourth-order valence-electron chi connectivity index (χ4n) is 3.21. The molecule has 11 heteroatoms. The van der Waals surface area contributed by atoms with Crippen LogP contribution in [0, 0.1) is 0 Å². The third-order valence-corrected chi connectivity index (χ3v) is 6.65. The van der Waals surface area contributed by atoms with E-state index in [0.717, 1.165) is 23.2 Å². The van der Waals surface area contributed by atoms with Crippen LogP contribution in [-0.2, 0) is 21.2 Å². The van der Waals surface area contributed by atoms with Gasteiger partial charge in [-0.05, 0) is 35.4 Å². The molecule has 2 aromatic rings. The number of carbonyl (C=O) groups is 1. The number of carboxylic acid groups (broad SMARTS) is 1. The van der Waals surface area contributed by atoms with Crippen molar-refractivity contribution in [2.75, 3.05) is 38.2 Å². The molecule has 0 bridgehead atoms. The van der Waals surface area contributed by atoms with Crippen molar-refractivity contribution < 1.29 is 36.6 Å². The first-order valence-electron chi connectivity index (χ1n) is 10.2. The first kappa shape index (κ1) is 26.8. The number of likely N-dealkylation sites (N-methyl/N-ethyl adjacent to an activating group) is 1. The van der Waals surface area contributed by atoms with Gasteiger partial charge in [0.1, 0.15) is 0 Å². The van der Waals surface area contributed by atoms with Crippen molar-refractivity contribution >= 4 is 15.8 Å². The third-order valence-electron chi connectivity index (χ3n) is 5.04. The Morgan fingerprint density at radius 1 is 1.09 bits per heavy atom. The van der Waals surface area contributed by atoms with Gasteiger partial charge in [0.25, 0.3) is 0 Å². The van der Waals surface area contributed by atoms with Gasteiger partial charge in [-0.3, -0.25) is 4.90 Å². The van der Waals surface area contributed by atoms with Gasteiger partial charge in [-0.25, -0.2) is 13.2 Å². The molecule has 3 N–H and O–H groups in total. The Morgan fingerprint density at radius 3 is 2.18 bits per heavy atom. The van der Waals surface area contributed by atoms with E-state index in [2.05, 4.69) is 34.5 Å². The lowest BCUT2D eigenvalue weighted by Gasteiger charge is -2.26. The minimum absolute atomic E-state index is 0.257. The van der Waals surface area contributed by atoms with Crippen molar-refractivity contribution in [1.82, 2.24) is 10.2 Å². The van der Waals surface area contributed by atoms with Crippen LogP contribution in [0.4, 0.5) is 13.2 Å². The van der Waals surface area contributed by atoms with E-state index >= 15 is 0 Å². The second-order valence-electron chi connectivity index (χ2n) is 7.63. The van der Waals surface area contributed by atoms with E-state index in [4.69, 9.17) is 9.90 Å². The van der Waals surface area contributed by atoms with Crippen molar-refractivity contribution in [3.8, 4) is 11.1 Å². The molecule has 1 heterocycles. The van der Waals surface area contributed by atoms with Gasteiger partial charge in [-0.2, -0.15) is 13.2 Å². The number of sulfone groups is 1. The average molecular weight is 489 g/mol. The van der Waals surface area contributed by atoms with Gasteiger partial charge in [0.15, 0.2) is 9.84 Å². The van der Waals surface area contributed by atoms with Crippen LogP contribution in [0.2, 0.25) is 0 Å². The number of hydrogen-bond donors (Lipinski definition) is 3. The van der Waals surface area contributed by atoms with E-state index in [1.807, 2.05) is 31.3 Å². The molecule has 1 atom stereocenters. The quantitative estimate of drug-likeness (QED) is 0.574. The average Bonchev–Trinajstić information content (AvgIpc) is 2.76. The molecule has 1 aliphatic heterocycles. The monoisotopic (exact) mass is 488 g/mol. The maximum Gasteiger partial charge on any atom is 0.490 e. The molecule has 182 valence electrons. The van der Waals surface area contributed by atoms with Crippen LogP contribution >= 0.6 is 0 Å². The highest BCUT2D eigenvalue weighted by atomic mass is 32.2. The van der Waals surface area contributed by atoms with E-state index in [1.54, 1.807) is 0 Å². The summed E-state index contributed by atoms with van der Waals surface area (Å²) in [6.07, 6.45) is -5.60. The molecule has 0 spiro atoms. The second-order valence-corrected chi connectivity index (χ2v) is 9.93. The molecule has 1 saturated heterocycles. The second kappa shape index (κ2) is 11.6. The topological polar surface area (TPSA) is 107 Å². The van der Waals surface area contributed by atoms with Crippen LogP contribution in [-0.4, -0.2) is 73.9 Å². The van der Waals surface area contributed by atoms with Gasteiger partial charge in [0.05, 0.1) is 17.6 Å². The molecule has 33 heavy (non-hydrogen) atoms. The van der Waals surface area contributed by atoms with E-state index in [0.29, 0.717) is 19.6 Å². The summed E-state index contributed by atoms with van der Waals surface area (Å²) in [4.78, 5) is 11.1. The Hall–Kier alpha value is -2.47. The van der Waals surface area contributed by atoms with Crippen molar-refractivity contribution in [3.05, 3.63) is 59.7 Å². The number of rotatable bonds is 6. The normalized spacial score (nSPS) is 17.0. The summed E-state index contributed by atoms with van der Waals surface area (Å²) in [6, 6.07) is 16.3.